The Morgan fingerprint density at radius 2 is 1.71 bits per heavy atom. The van der Waals surface area contributed by atoms with Crippen LogP contribution < -0.4 is 10.6 Å². The Balaban J connectivity index is 1.81. The van der Waals surface area contributed by atoms with E-state index in [9.17, 15) is 4.79 Å². The van der Waals surface area contributed by atoms with Gasteiger partial charge in [0.05, 0.1) is 0 Å². The topological polar surface area (TPSA) is 41.1 Å². The highest BCUT2D eigenvalue weighted by atomic mass is 35.5. The molecule has 21 heavy (non-hydrogen) atoms. The summed E-state index contributed by atoms with van der Waals surface area (Å²) in [6.07, 6.45) is 0.370. The lowest BCUT2D eigenvalue weighted by Gasteiger charge is -2.10. The molecule has 0 aliphatic rings. The van der Waals surface area contributed by atoms with Gasteiger partial charge in [0.15, 0.2) is 0 Å². The largest absolute Gasteiger partial charge is 0.384 e. The Hall–Kier alpha value is -1.71. The first-order valence-electron chi connectivity index (χ1n) is 6.60. The lowest BCUT2D eigenvalue weighted by molar-refractivity contribution is -0.115. The van der Waals surface area contributed by atoms with Crippen LogP contribution in [0.2, 0.25) is 10.0 Å². The summed E-state index contributed by atoms with van der Waals surface area (Å²) in [5.74, 6) is -0.0514. The van der Waals surface area contributed by atoms with Gasteiger partial charge < -0.3 is 10.6 Å². The second kappa shape index (κ2) is 7.34. The maximum absolute atomic E-state index is 11.8. The highest BCUT2D eigenvalue weighted by Crippen LogP contribution is 2.20. The monoisotopic (exact) mass is 322 g/mol. The molecule has 0 atom stereocenters. The van der Waals surface area contributed by atoms with Crippen LogP contribution in [-0.4, -0.2) is 12.5 Å². The second-order valence-corrected chi connectivity index (χ2v) is 5.56. The highest BCUT2D eigenvalue weighted by Gasteiger charge is 2.04. The van der Waals surface area contributed by atoms with Crippen molar-refractivity contribution in [1.82, 2.24) is 0 Å². The van der Waals surface area contributed by atoms with E-state index in [1.807, 2.05) is 25.1 Å². The van der Waals surface area contributed by atoms with Crippen LogP contribution in [0, 0.1) is 6.92 Å². The lowest BCUT2D eigenvalue weighted by Crippen LogP contribution is -2.16. The Morgan fingerprint density at radius 3 is 2.43 bits per heavy atom. The van der Waals surface area contributed by atoms with E-state index in [4.69, 9.17) is 23.2 Å². The quantitative estimate of drug-likeness (QED) is 0.834. The molecular formula is C16H16Cl2N2O. The van der Waals surface area contributed by atoms with Gasteiger partial charge in [-0.3, -0.25) is 4.79 Å². The second-order valence-electron chi connectivity index (χ2n) is 4.69. The molecule has 0 aliphatic carbocycles. The first-order chi connectivity index (χ1) is 10.0. The van der Waals surface area contributed by atoms with Crippen LogP contribution in [-0.2, 0) is 4.79 Å². The van der Waals surface area contributed by atoms with E-state index in [0.29, 0.717) is 23.0 Å². The van der Waals surface area contributed by atoms with Gasteiger partial charge in [-0.25, -0.2) is 0 Å². The van der Waals surface area contributed by atoms with E-state index in [0.717, 1.165) is 16.9 Å². The minimum absolute atomic E-state index is 0.0514. The van der Waals surface area contributed by atoms with Crippen LogP contribution in [0.15, 0.2) is 42.5 Å². The number of carbonyl (C=O) groups is 1. The molecule has 0 unspecified atom stereocenters. The van der Waals surface area contributed by atoms with E-state index >= 15 is 0 Å². The predicted octanol–water partition coefficient (Wildman–Crippen LogP) is 4.74. The Morgan fingerprint density at radius 1 is 1.05 bits per heavy atom. The summed E-state index contributed by atoms with van der Waals surface area (Å²) in [5.41, 5.74) is 2.78. The van der Waals surface area contributed by atoms with Gasteiger partial charge in [-0.05, 0) is 48.9 Å². The Bertz CT molecular complexity index is 627. The molecule has 0 spiro atoms. The maximum atomic E-state index is 11.8. The first-order valence-corrected chi connectivity index (χ1v) is 7.35. The third-order valence-electron chi connectivity index (χ3n) is 3.00. The average molecular weight is 323 g/mol. The van der Waals surface area contributed by atoms with Crippen molar-refractivity contribution in [3.8, 4) is 0 Å². The fourth-order valence-corrected chi connectivity index (χ4v) is 2.15. The highest BCUT2D eigenvalue weighted by molar-refractivity contribution is 6.31. The first kappa shape index (κ1) is 15.7. The fourth-order valence-electron chi connectivity index (χ4n) is 1.85. The normalized spacial score (nSPS) is 10.2. The lowest BCUT2D eigenvalue weighted by atomic mass is 10.2. The number of hydrogen-bond donors (Lipinski definition) is 2. The van der Waals surface area contributed by atoms with Crippen molar-refractivity contribution >= 4 is 40.5 Å². The van der Waals surface area contributed by atoms with Crippen LogP contribution in [0.1, 0.15) is 12.0 Å². The molecule has 0 heterocycles. The van der Waals surface area contributed by atoms with Gasteiger partial charge in [-0.2, -0.15) is 0 Å². The Kier molecular flexibility index (Phi) is 5.48. The number of nitrogens with one attached hydrogen (secondary N) is 2. The molecule has 110 valence electrons. The van der Waals surface area contributed by atoms with Crippen molar-refractivity contribution in [2.75, 3.05) is 17.2 Å². The number of hydrogen-bond acceptors (Lipinski definition) is 2. The standard InChI is InChI=1S/C16H16Cl2N2O/c1-11-2-3-13(18)10-15(11)19-9-8-16(21)20-14-6-4-12(17)5-7-14/h2-7,10,19H,8-9H2,1H3,(H,20,21). The SMILES string of the molecule is Cc1ccc(Cl)cc1NCCC(=O)Nc1ccc(Cl)cc1. The molecule has 0 saturated heterocycles. The van der Waals surface area contributed by atoms with Crippen LogP contribution in [0.5, 0.6) is 0 Å². The van der Waals surface area contributed by atoms with E-state index in [1.54, 1.807) is 24.3 Å². The smallest absolute Gasteiger partial charge is 0.226 e. The molecule has 0 bridgehead atoms. The molecule has 2 aromatic rings. The van der Waals surface area contributed by atoms with Gasteiger partial charge in [0.1, 0.15) is 0 Å². The zero-order valence-corrected chi connectivity index (χ0v) is 13.1. The summed E-state index contributed by atoms with van der Waals surface area (Å²) in [6.45, 7) is 2.53. The molecule has 2 rings (SSSR count). The van der Waals surface area contributed by atoms with Crippen LogP contribution in [0.4, 0.5) is 11.4 Å². The van der Waals surface area contributed by atoms with Gasteiger partial charge in [-0.1, -0.05) is 29.3 Å². The van der Waals surface area contributed by atoms with Crippen molar-refractivity contribution in [3.63, 3.8) is 0 Å². The molecule has 0 radical (unpaired) electrons. The zero-order valence-electron chi connectivity index (χ0n) is 11.6. The molecule has 2 aromatic carbocycles. The van der Waals surface area contributed by atoms with Crippen molar-refractivity contribution < 1.29 is 4.79 Å². The molecule has 1 amide bonds. The summed E-state index contributed by atoms with van der Waals surface area (Å²) in [6, 6.07) is 12.7. The number of benzene rings is 2. The molecule has 5 heteroatoms. The van der Waals surface area contributed by atoms with E-state index in [1.165, 1.54) is 0 Å². The van der Waals surface area contributed by atoms with E-state index in [-0.39, 0.29) is 5.91 Å². The van der Waals surface area contributed by atoms with Crippen molar-refractivity contribution in [3.05, 3.63) is 58.1 Å². The van der Waals surface area contributed by atoms with Gasteiger partial charge in [-0.15, -0.1) is 0 Å². The summed E-state index contributed by atoms with van der Waals surface area (Å²) in [4.78, 5) is 11.8. The van der Waals surface area contributed by atoms with E-state index in [2.05, 4.69) is 10.6 Å². The number of aryl methyl sites for hydroxylation is 1. The summed E-state index contributed by atoms with van der Waals surface area (Å²) >= 11 is 11.7. The molecular weight excluding hydrogens is 307 g/mol. The van der Waals surface area contributed by atoms with Crippen LogP contribution in [0.25, 0.3) is 0 Å². The van der Waals surface area contributed by atoms with Crippen LogP contribution >= 0.6 is 23.2 Å². The number of amides is 1. The summed E-state index contributed by atoms with van der Waals surface area (Å²) in [7, 11) is 0. The molecule has 0 aliphatic heterocycles. The average Bonchev–Trinajstić information content (AvgIpc) is 2.45. The zero-order chi connectivity index (χ0) is 15.2. The number of anilines is 2. The van der Waals surface area contributed by atoms with Gasteiger partial charge in [0.25, 0.3) is 0 Å². The van der Waals surface area contributed by atoms with Crippen LogP contribution in [0.3, 0.4) is 0 Å². The van der Waals surface area contributed by atoms with Gasteiger partial charge >= 0.3 is 0 Å². The number of carbonyl (C=O) groups excluding carboxylic acids is 1. The fraction of sp³-hybridized carbons (Fsp3) is 0.188. The Labute approximate surface area is 134 Å². The van der Waals surface area contributed by atoms with E-state index < -0.39 is 0 Å². The third kappa shape index (κ3) is 4.96. The number of rotatable bonds is 5. The molecule has 2 N–H and O–H groups in total. The van der Waals surface area contributed by atoms with Crippen molar-refractivity contribution in [2.45, 2.75) is 13.3 Å². The molecule has 3 nitrogen and oxygen atoms in total. The minimum atomic E-state index is -0.0514. The number of halogens is 2. The van der Waals surface area contributed by atoms with Gasteiger partial charge in [0.2, 0.25) is 5.91 Å². The summed E-state index contributed by atoms with van der Waals surface area (Å²) in [5, 5.41) is 7.35. The van der Waals surface area contributed by atoms with Crippen molar-refractivity contribution in [2.24, 2.45) is 0 Å². The predicted molar refractivity (Wildman–Crippen MR) is 89.4 cm³/mol. The summed E-state index contributed by atoms with van der Waals surface area (Å²) < 4.78 is 0. The molecule has 0 aromatic heterocycles. The minimum Gasteiger partial charge on any atom is -0.384 e. The third-order valence-corrected chi connectivity index (χ3v) is 3.48. The maximum Gasteiger partial charge on any atom is 0.226 e. The molecule has 0 saturated carbocycles. The molecule has 0 fully saturated rings. The van der Waals surface area contributed by atoms with Crippen molar-refractivity contribution in [1.29, 1.82) is 0 Å². The van der Waals surface area contributed by atoms with Gasteiger partial charge in [0, 0.05) is 34.4 Å².